The van der Waals surface area contributed by atoms with Crippen molar-refractivity contribution in [1.29, 1.82) is 0 Å². The monoisotopic (exact) mass is 313 g/mol. The van der Waals surface area contributed by atoms with E-state index < -0.39 is 0 Å². The minimum absolute atomic E-state index is 0.849. The predicted molar refractivity (Wildman–Crippen MR) is 75.4 cm³/mol. The Labute approximate surface area is 114 Å². The van der Waals surface area contributed by atoms with Crippen molar-refractivity contribution in [2.24, 2.45) is 7.05 Å². The summed E-state index contributed by atoms with van der Waals surface area (Å²) in [5, 5.41) is 12.1. The maximum Gasteiger partial charge on any atom is 0.0739 e. The van der Waals surface area contributed by atoms with E-state index in [9.17, 15) is 0 Å². The van der Waals surface area contributed by atoms with Gasteiger partial charge in [0.2, 0.25) is 0 Å². The Kier molecular flexibility index (Phi) is 4.36. The summed E-state index contributed by atoms with van der Waals surface area (Å²) >= 11 is 5.32. The van der Waals surface area contributed by atoms with E-state index in [1.807, 2.05) is 18.7 Å². The summed E-state index contributed by atoms with van der Waals surface area (Å²) in [7, 11) is 1.98. The van der Waals surface area contributed by atoms with Gasteiger partial charge in [0.25, 0.3) is 0 Å². The smallest absolute Gasteiger partial charge is 0.0739 e. The van der Waals surface area contributed by atoms with Gasteiger partial charge in [0.05, 0.1) is 15.9 Å². The van der Waals surface area contributed by atoms with Crippen LogP contribution in [0.2, 0.25) is 0 Å². The molecule has 0 bridgehead atoms. The average Bonchev–Trinajstić information content (AvgIpc) is 2.87. The van der Waals surface area contributed by atoms with E-state index in [4.69, 9.17) is 0 Å². The van der Waals surface area contributed by atoms with Gasteiger partial charge >= 0.3 is 0 Å². The molecular weight excluding hydrogens is 298 g/mol. The van der Waals surface area contributed by atoms with Crippen molar-refractivity contribution in [3.8, 4) is 0 Å². The minimum atomic E-state index is 0.849. The molecule has 92 valence electrons. The molecule has 2 rings (SSSR count). The van der Waals surface area contributed by atoms with Crippen molar-refractivity contribution < 1.29 is 0 Å². The Bertz CT molecular complexity index is 476. The average molecular weight is 314 g/mol. The van der Waals surface area contributed by atoms with Crippen LogP contribution in [-0.4, -0.2) is 16.3 Å². The van der Waals surface area contributed by atoms with Gasteiger partial charge in [-0.1, -0.05) is 0 Å². The molecule has 17 heavy (non-hydrogen) atoms. The lowest BCUT2D eigenvalue weighted by atomic mass is 10.2. The highest BCUT2D eigenvalue weighted by atomic mass is 79.9. The second kappa shape index (κ2) is 5.80. The third-order valence-electron chi connectivity index (χ3n) is 2.72. The van der Waals surface area contributed by atoms with Gasteiger partial charge in [0.15, 0.2) is 0 Å². The van der Waals surface area contributed by atoms with Crippen molar-refractivity contribution in [3.63, 3.8) is 0 Å². The fourth-order valence-electron chi connectivity index (χ4n) is 1.75. The first kappa shape index (κ1) is 12.8. The molecule has 3 nitrogen and oxygen atoms in total. The van der Waals surface area contributed by atoms with Crippen molar-refractivity contribution >= 4 is 27.3 Å². The number of hydrogen-bond donors (Lipinski definition) is 1. The first-order chi connectivity index (χ1) is 8.18. The minimum Gasteiger partial charge on any atom is -0.311 e. The summed E-state index contributed by atoms with van der Waals surface area (Å²) in [5.41, 5.74) is 3.65. The van der Waals surface area contributed by atoms with E-state index in [1.54, 1.807) is 11.3 Å². The van der Waals surface area contributed by atoms with Gasteiger partial charge in [0, 0.05) is 13.6 Å². The molecule has 0 saturated heterocycles. The Morgan fingerprint density at radius 2 is 2.35 bits per heavy atom. The van der Waals surface area contributed by atoms with Crippen molar-refractivity contribution in [3.05, 3.63) is 38.3 Å². The van der Waals surface area contributed by atoms with E-state index in [0.717, 1.165) is 29.7 Å². The Hall–Kier alpha value is -0.650. The van der Waals surface area contributed by atoms with E-state index in [1.165, 1.54) is 11.3 Å². The van der Waals surface area contributed by atoms with Crippen LogP contribution in [0.5, 0.6) is 0 Å². The number of nitrogens with one attached hydrogen (secondary N) is 1. The summed E-state index contributed by atoms with van der Waals surface area (Å²) in [6, 6.07) is 2.18. The largest absolute Gasteiger partial charge is 0.311 e. The van der Waals surface area contributed by atoms with Crippen LogP contribution in [0.25, 0.3) is 0 Å². The zero-order chi connectivity index (χ0) is 12.3. The molecule has 1 N–H and O–H groups in total. The fraction of sp³-hybridized carbons (Fsp3) is 0.417. The molecule has 0 saturated carbocycles. The van der Waals surface area contributed by atoms with Crippen LogP contribution in [0.3, 0.4) is 0 Å². The van der Waals surface area contributed by atoms with E-state index in [-0.39, 0.29) is 0 Å². The molecule has 2 heterocycles. The summed E-state index contributed by atoms with van der Waals surface area (Å²) in [6.45, 7) is 3.86. The highest BCUT2D eigenvalue weighted by Crippen LogP contribution is 2.19. The van der Waals surface area contributed by atoms with E-state index >= 15 is 0 Å². The molecule has 0 spiro atoms. The number of hydrogen-bond acceptors (Lipinski definition) is 3. The van der Waals surface area contributed by atoms with Crippen LogP contribution in [0.1, 0.15) is 17.0 Å². The number of aromatic nitrogens is 2. The normalized spacial score (nSPS) is 11.0. The molecule has 0 atom stereocenters. The molecular formula is C12H16BrN3S. The van der Waals surface area contributed by atoms with E-state index in [2.05, 4.69) is 43.2 Å². The summed E-state index contributed by atoms with van der Waals surface area (Å²) in [6.07, 6.45) is 1.08. The Balaban J connectivity index is 1.82. The molecule has 2 aromatic rings. The number of rotatable bonds is 5. The van der Waals surface area contributed by atoms with Crippen LogP contribution in [0.15, 0.2) is 21.3 Å². The van der Waals surface area contributed by atoms with Crippen LogP contribution in [0, 0.1) is 6.92 Å². The van der Waals surface area contributed by atoms with Gasteiger partial charge in [-0.2, -0.15) is 16.4 Å². The number of aryl methyl sites for hydroxylation is 2. The van der Waals surface area contributed by atoms with Gasteiger partial charge < -0.3 is 5.32 Å². The fourth-order valence-corrected chi connectivity index (χ4v) is 2.93. The summed E-state index contributed by atoms with van der Waals surface area (Å²) in [5.74, 6) is 0. The second-order valence-corrected chi connectivity index (χ2v) is 5.60. The number of halogens is 1. The lowest BCUT2D eigenvalue weighted by Gasteiger charge is -2.05. The highest BCUT2D eigenvalue weighted by Gasteiger charge is 2.09. The number of nitrogens with zero attached hydrogens (tertiary/aromatic N) is 2. The SMILES string of the molecule is Cc1nn(C)c(CNCCc2ccsc2)c1Br. The maximum atomic E-state index is 4.37. The van der Waals surface area contributed by atoms with Gasteiger partial charge in [-0.15, -0.1) is 0 Å². The third-order valence-corrected chi connectivity index (χ3v) is 4.49. The van der Waals surface area contributed by atoms with Crippen LogP contribution < -0.4 is 5.32 Å². The zero-order valence-corrected chi connectivity index (χ0v) is 12.4. The first-order valence-electron chi connectivity index (χ1n) is 5.58. The molecule has 2 aromatic heterocycles. The lowest BCUT2D eigenvalue weighted by Crippen LogP contribution is -2.18. The second-order valence-electron chi connectivity index (χ2n) is 4.03. The lowest BCUT2D eigenvalue weighted by molar-refractivity contribution is 0.623. The summed E-state index contributed by atoms with van der Waals surface area (Å²) in [4.78, 5) is 0. The quantitative estimate of drug-likeness (QED) is 0.860. The maximum absolute atomic E-state index is 4.37. The van der Waals surface area contributed by atoms with Crippen LogP contribution >= 0.6 is 27.3 Å². The number of thiophene rings is 1. The standard InChI is InChI=1S/C12H16BrN3S/c1-9-12(13)11(16(2)15-9)7-14-5-3-10-4-6-17-8-10/h4,6,8,14H,3,5,7H2,1-2H3. The van der Waals surface area contributed by atoms with Gasteiger partial charge in [-0.3, -0.25) is 4.68 Å². The highest BCUT2D eigenvalue weighted by molar-refractivity contribution is 9.10. The predicted octanol–water partition coefficient (Wildman–Crippen LogP) is 2.88. The third kappa shape index (κ3) is 3.18. The van der Waals surface area contributed by atoms with Gasteiger partial charge in [0.1, 0.15) is 0 Å². The Morgan fingerprint density at radius 3 is 2.94 bits per heavy atom. The van der Waals surface area contributed by atoms with Crippen molar-refractivity contribution in [2.45, 2.75) is 19.9 Å². The molecule has 0 aliphatic rings. The Morgan fingerprint density at radius 1 is 1.53 bits per heavy atom. The molecule has 0 radical (unpaired) electrons. The molecule has 0 amide bonds. The molecule has 0 unspecified atom stereocenters. The first-order valence-corrected chi connectivity index (χ1v) is 7.32. The topological polar surface area (TPSA) is 29.9 Å². The molecule has 0 aliphatic heterocycles. The molecule has 0 fully saturated rings. The molecule has 0 aliphatic carbocycles. The van der Waals surface area contributed by atoms with Crippen molar-refractivity contribution in [1.82, 2.24) is 15.1 Å². The molecule has 0 aromatic carbocycles. The van der Waals surface area contributed by atoms with Gasteiger partial charge in [-0.25, -0.2) is 0 Å². The van der Waals surface area contributed by atoms with Gasteiger partial charge in [-0.05, 0) is 58.2 Å². The van der Waals surface area contributed by atoms with E-state index in [0.29, 0.717) is 0 Å². The summed E-state index contributed by atoms with van der Waals surface area (Å²) < 4.78 is 3.04. The van der Waals surface area contributed by atoms with Crippen molar-refractivity contribution in [2.75, 3.05) is 6.54 Å². The van der Waals surface area contributed by atoms with Crippen LogP contribution in [-0.2, 0) is 20.0 Å². The van der Waals surface area contributed by atoms with Crippen LogP contribution in [0.4, 0.5) is 0 Å². The zero-order valence-electron chi connectivity index (χ0n) is 10.0. The molecule has 5 heteroatoms.